The van der Waals surface area contributed by atoms with Gasteiger partial charge in [0.2, 0.25) is 0 Å². The van der Waals surface area contributed by atoms with Crippen molar-refractivity contribution in [1.29, 1.82) is 0 Å². The Morgan fingerprint density at radius 2 is 2.00 bits per heavy atom. The highest BCUT2D eigenvalue weighted by Gasteiger charge is 2.24. The van der Waals surface area contributed by atoms with Crippen LogP contribution in [0.3, 0.4) is 0 Å². The van der Waals surface area contributed by atoms with Crippen molar-refractivity contribution in [2.45, 2.75) is 39.4 Å². The van der Waals surface area contributed by atoms with Gasteiger partial charge in [0, 0.05) is 43.2 Å². The summed E-state index contributed by atoms with van der Waals surface area (Å²) in [6.45, 7) is 7.32. The van der Waals surface area contributed by atoms with Crippen LogP contribution >= 0.6 is 0 Å². The highest BCUT2D eigenvalue weighted by atomic mass is 16.4. The van der Waals surface area contributed by atoms with Crippen molar-refractivity contribution >= 4 is 16.9 Å². The number of fused-ring (bicyclic) bond motifs is 2. The van der Waals surface area contributed by atoms with Crippen molar-refractivity contribution in [1.82, 2.24) is 14.8 Å². The molecular weight excluding hydrogens is 290 g/mol. The number of carboxylic acids is 1. The second-order valence-corrected chi connectivity index (χ2v) is 6.45. The number of aryl methyl sites for hydroxylation is 1. The van der Waals surface area contributed by atoms with E-state index in [0.717, 1.165) is 30.9 Å². The van der Waals surface area contributed by atoms with Crippen molar-refractivity contribution in [3.05, 3.63) is 34.5 Å². The Hall–Kier alpha value is -1.85. The second kappa shape index (κ2) is 5.98. The molecule has 0 bridgehead atoms. The molecule has 0 spiro atoms. The molecule has 1 atom stereocenters. The first-order valence-electron chi connectivity index (χ1n) is 8.18. The van der Waals surface area contributed by atoms with E-state index in [1.165, 1.54) is 22.0 Å². The lowest BCUT2D eigenvalue weighted by molar-refractivity contribution is -0.139. The number of likely N-dealkylation sites (N-methyl/N-ethyl adjacent to an activating group) is 1. The number of rotatable bonds is 5. The van der Waals surface area contributed by atoms with Crippen LogP contribution in [0.5, 0.6) is 0 Å². The van der Waals surface area contributed by atoms with Crippen LogP contribution in [0.25, 0.3) is 10.9 Å². The third-order valence-electron chi connectivity index (χ3n) is 5.23. The Labute approximate surface area is 136 Å². The van der Waals surface area contributed by atoms with Gasteiger partial charge in [0.05, 0.1) is 0 Å². The van der Waals surface area contributed by atoms with E-state index in [0.29, 0.717) is 6.42 Å². The molecule has 0 fully saturated rings. The number of nitrogens with zero attached hydrogens (tertiary/aromatic N) is 2. The summed E-state index contributed by atoms with van der Waals surface area (Å²) >= 11 is 0. The molecule has 2 aromatic rings. The SMILES string of the molecule is CCN1Cc2cc3c(CC(NC)C(=O)O)c(C)n(C)c3cc2C1. The number of aromatic nitrogens is 1. The zero-order valence-corrected chi connectivity index (χ0v) is 14.3. The van der Waals surface area contributed by atoms with Gasteiger partial charge in [0.25, 0.3) is 0 Å². The minimum Gasteiger partial charge on any atom is -0.480 e. The zero-order chi connectivity index (χ0) is 16.7. The number of carboxylic acid groups (broad SMARTS) is 1. The molecule has 23 heavy (non-hydrogen) atoms. The Bertz CT molecular complexity index is 763. The molecule has 2 heterocycles. The molecule has 1 unspecified atom stereocenters. The van der Waals surface area contributed by atoms with Crippen molar-refractivity contribution < 1.29 is 9.90 Å². The lowest BCUT2D eigenvalue weighted by atomic mass is 10.00. The molecule has 1 aromatic heterocycles. The quantitative estimate of drug-likeness (QED) is 0.886. The minimum absolute atomic E-state index is 0.505. The van der Waals surface area contributed by atoms with Crippen LogP contribution in [0, 0.1) is 6.92 Å². The molecule has 2 N–H and O–H groups in total. The van der Waals surface area contributed by atoms with Crippen molar-refractivity contribution in [3.63, 3.8) is 0 Å². The van der Waals surface area contributed by atoms with Crippen molar-refractivity contribution in [2.24, 2.45) is 7.05 Å². The number of aliphatic carboxylic acids is 1. The standard InChI is InChI=1S/C18H25N3O2/c1-5-21-9-12-6-15-14(8-16(19-3)18(22)23)11(2)20(4)17(15)7-13(12)10-21/h6-7,16,19H,5,8-10H2,1-4H3,(H,22,23). The van der Waals surface area contributed by atoms with Gasteiger partial charge in [-0.3, -0.25) is 9.69 Å². The van der Waals surface area contributed by atoms with Crippen LogP contribution in [0.4, 0.5) is 0 Å². The smallest absolute Gasteiger partial charge is 0.321 e. The van der Waals surface area contributed by atoms with Crippen LogP contribution in [-0.4, -0.2) is 40.2 Å². The molecule has 3 rings (SSSR count). The topological polar surface area (TPSA) is 57.5 Å². The molecule has 0 amide bonds. The molecular formula is C18H25N3O2. The first-order valence-corrected chi connectivity index (χ1v) is 8.18. The van der Waals surface area contributed by atoms with Crippen LogP contribution in [0.15, 0.2) is 12.1 Å². The predicted molar refractivity (Wildman–Crippen MR) is 91.6 cm³/mol. The maximum atomic E-state index is 11.4. The summed E-state index contributed by atoms with van der Waals surface area (Å²) in [6.07, 6.45) is 0.505. The second-order valence-electron chi connectivity index (χ2n) is 6.45. The Balaban J connectivity index is 2.09. The molecule has 0 aliphatic carbocycles. The normalized spacial score (nSPS) is 16.0. The molecule has 1 aromatic carbocycles. The first kappa shape index (κ1) is 16.0. The Kier molecular flexibility index (Phi) is 4.17. The highest BCUT2D eigenvalue weighted by molar-refractivity contribution is 5.88. The molecule has 5 nitrogen and oxygen atoms in total. The van der Waals surface area contributed by atoms with Crippen LogP contribution < -0.4 is 5.32 Å². The van der Waals surface area contributed by atoms with Gasteiger partial charge in [-0.05, 0) is 49.3 Å². The van der Waals surface area contributed by atoms with E-state index >= 15 is 0 Å². The largest absolute Gasteiger partial charge is 0.480 e. The zero-order valence-electron chi connectivity index (χ0n) is 14.3. The van der Waals surface area contributed by atoms with Gasteiger partial charge in [-0.2, -0.15) is 0 Å². The summed E-state index contributed by atoms with van der Waals surface area (Å²) in [6, 6.07) is 4.00. The summed E-state index contributed by atoms with van der Waals surface area (Å²) < 4.78 is 2.19. The molecule has 0 radical (unpaired) electrons. The number of carbonyl (C=O) groups is 1. The summed E-state index contributed by atoms with van der Waals surface area (Å²) in [5, 5.41) is 13.4. The first-order chi connectivity index (χ1) is 11.0. The molecule has 1 aliphatic heterocycles. The summed E-state index contributed by atoms with van der Waals surface area (Å²) in [5.41, 5.74) is 6.27. The van der Waals surface area contributed by atoms with E-state index in [2.05, 4.69) is 47.8 Å². The van der Waals surface area contributed by atoms with E-state index in [1.54, 1.807) is 7.05 Å². The maximum Gasteiger partial charge on any atom is 0.321 e. The number of benzene rings is 1. The summed E-state index contributed by atoms with van der Waals surface area (Å²) in [5.74, 6) is -0.803. The van der Waals surface area contributed by atoms with E-state index in [-0.39, 0.29) is 0 Å². The Morgan fingerprint density at radius 1 is 1.35 bits per heavy atom. The highest BCUT2D eigenvalue weighted by Crippen LogP contribution is 2.32. The maximum absolute atomic E-state index is 11.4. The van der Waals surface area contributed by atoms with E-state index < -0.39 is 12.0 Å². The van der Waals surface area contributed by atoms with Crippen molar-refractivity contribution in [3.8, 4) is 0 Å². The number of hydrogen-bond donors (Lipinski definition) is 2. The van der Waals surface area contributed by atoms with E-state index in [9.17, 15) is 9.90 Å². The lowest BCUT2D eigenvalue weighted by Gasteiger charge is -2.12. The van der Waals surface area contributed by atoms with Gasteiger partial charge in [-0.1, -0.05) is 6.92 Å². The van der Waals surface area contributed by atoms with Crippen LogP contribution in [-0.2, 0) is 31.4 Å². The number of nitrogens with one attached hydrogen (secondary N) is 1. The molecule has 1 aliphatic rings. The average Bonchev–Trinajstić information content (AvgIpc) is 3.03. The van der Waals surface area contributed by atoms with Gasteiger partial charge < -0.3 is 15.0 Å². The third-order valence-corrected chi connectivity index (χ3v) is 5.23. The van der Waals surface area contributed by atoms with Gasteiger partial charge in [0.15, 0.2) is 0 Å². The molecule has 0 saturated carbocycles. The number of hydrogen-bond acceptors (Lipinski definition) is 3. The lowest BCUT2D eigenvalue weighted by Crippen LogP contribution is -2.35. The predicted octanol–water partition coefficient (Wildman–Crippen LogP) is 2.04. The monoisotopic (exact) mass is 315 g/mol. The van der Waals surface area contributed by atoms with E-state index in [1.807, 2.05) is 0 Å². The molecule has 5 heteroatoms. The Morgan fingerprint density at radius 3 is 2.57 bits per heavy atom. The molecule has 124 valence electrons. The minimum atomic E-state index is -0.803. The van der Waals surface area contributed by atoms with Gasteiger partial charge in [-0.25, -0.2) is 0 Å². The summed E-state index contributed by atoms with van der Waals surface area (Å²) in [7, 11) is 3.77. The summed E-state index contributed by atoms with van der Waals surface area (Å²) in [4.78, 5) is 13.8. The van der Waals surface area contributed by atoms with E-state index in [4.69, 9.17) is 0 Å². The van der Waals surface area contributed by atoms with Crippen molar-refractivity contribution in [2.75, 3.05) is 13.6 Å². The average molecular weight is 315 g/mol. The van der Waals surface area contributed by atoms with Crippen LogP contribution in [0.1, 0.15) is 29.3 Å². The fourth-order valence-electron chi connectivity index (χ4n) is 3.60. The molecule has 0 saturated heterocycles. The van der Waals surface area contributed by atoms with Crippen LogP contribution in [0.2, 0.25) is 0 Å². The third kappa shape index (κ3) is 2.64. The van der Waals surface area contributed by atoms with Gasteiger partial charge in [-0.15, -0.1) is 0 Å². The fourth-order valence-corrected chi connectivity index (χ4v) is 3.60. The van der Waals surface area contributed by atoms with Gasteiger partial charge in [0.1, 0.15) is 6.04 Å². The van der Waals surface area contributed by atoms with Gasteiger partial charge >= 0.3 is 5.97 Å². The fraction of sp³-hybridized carbons (Fsp3) is 0.500.